The zero-order valence-corrected chi connectivity index (χ0v) is 18.4. The fourth-order valence-corrected chi connectivity index (χ4v) is 2.82. The molecule has 2 heterocycles. The summed E-state index contributed by atoms with van der Waals surface area (Å²) >= 11 is 5.90. The van der Waals surface area contributed by atoms with Crippen LogP contribution in [0.25, 0.3) is 16.9 Å². The van der Waals surface area contributed by atoms with Gasteiger partial charge >= 0.3 is 35.7 Å². The summed E-state index contributed by atoms with van der Waals surface area (Å²) in [5.74, 6) is 0.106. The van der Waals surface area contributed by atoms with Crippen molar-refractivity contribution in [2.75, 3.05) is 18.5 Å². The average Bonchev–Trinajstić information content (AvgIpc) is 3.03. The van der Waals surface area contributed by atoms with Crippen LogP contribution in [0.5, 0.6) is 0 Å². The number of rotatable bonds is 5. The Balaban J connectivity index is 0.00000210. The van der Waals surface area contributed by atoms with Crippen LogP contribution in [0.1, 0.15) is 14.8 Å². The van der Waals surface area contributed by atoms with E-state index in [1.165, 1.54) is 22.8 Å². The van der Waals surface area contributed by atoms with Gasteiger partial charge in [0, 0.05) is 25.2 Å². The second-order valence-corrected chi connectivity index (χ2v) is 6.45. The van der Waals surface area contributed by atoms with E-state index in [0.29, 0.717) is 22.9 Å². The third-order valence-electron chi connectivity index (χ3n) is 4.12. The minimum atomic E-state index is -4.31. The zero-order chi connectivity index (χ0) is 19.8. The van der Waals surface area contributed by atoms with Gasteiger partial charge in [-0.05, 0) is 31.2 Å². The zero-order valence-electron chi connectivity index (χ0n) is 16.7. The van der Waals surface area contributed by atoms with Crippen LogP contribution < -0.4 is 40.0 Å². The number of hydrogen-bond acceptors (Lipinski definition) is 4. The summed E-state index contributed by atoms with van der Waals surface area (Å²) < 4.78 is 40.9. The second-order valence-electron chi connectivity index (χ2n) is 6.02. The molecule has 0 aliphatic heterocycles. The number of imidazole rings is 1. The standard InChI is InChI=1S/C17H17ClF3N5O.Na.H/c1-3-25-10-22-13-14(25)23-16(24(2)9-8-17(19,20)21)26(15(13)27)12-6-4-11(18)5-7-12;;/h4-7,10H,3,8-9H2,1-2H3;;/q;+1;-1. The molecule has 0 amide bonds. The Labute approximate surface area is 187 Å². The molecule has 0 N–H and O–H groups in total. The number of halogens is 4. The molecule has 0 atom stereocenters. The molecule has 0 unspecified atom stereocenters. The van der Waals surface area contributed by atoms with Crippen LogP contribution in [0.3, 0.4) is 0 Å². The first-order valence-corrected chi connectivity index (χ1v) is 8.60. The summed E-state index contributed by atoms with van der Waals surface area (Å²) in [6.45, 7) is 2.05. The van der Waals surface area contributed by atoms with Gasteiger partial charge < -0.3 is 10.9 Å². The number of alkyl halides is 3. The van der Waals surface area contributed by atoms with Gasteiger partial charge in [-0.2, -0.15) is 18.2 Å². The Kier molecular flexibility index (Phi) is 7.19. The molecule has 0 saturated carbocycles. The summed E-state index contributed by atoms with van der Waals surface area (Å²) in [7, 11) is 1.47. The normalized spacial score (nSPS) is 11.5. The Morgan fingerprint density at radius 1 is 1.25 bits per heavy atom. The van der Waals surface area contributed by atoms with Crippen LogP contribution in [0, 0.1) is 0 Å². The van der Waals surface area contributed by atoms with Gasteiger partial charge in [0.2, 0.25) is 5.95 Å². The third-order valence-corrected chi connectivity index (χ3v) is 4.37. The van der Waals surface area contributed by atoms with Crippen molar-refractivity contribution in [1.82, 2.24) is 19.1 Å². The summed E-state index contributed by atoms with van der Waals surface area (Å²) in [5, 5.41) is 0.475. The summed E-state index contributed by atoms with van der Waals surface area (Å²) in [5.41, 5.74) is 0.475. The fourth-order valence-electron chi connectivity index (χ4n) is 2.69. The molecular formula is C17H18ClF3N5NaO. The van der Waals surface area contributed by atoms with Gasteiger partial charge in [-0.25, -0.2) is 9.55 Å². The number of fused-ring (bicyclic) bond motifs is 1. The Morgan fingerprint density at radius 3 is 2.46 bits per heavy atom. The predicted octanol–water partition coefficient (Wildman–Crippen LogP) is 0.761. The predicted molar refractivity (Wildman–Crippen MR) is 98.9 cm³/mol. The smallest absolute Gasteiger partial charge is 1.00 e. The molecule has 1 aromatic carbocycles. The number of hydrogen-bond donors (Lipinski definition) is 0. The van der Waals surface area contributed by atoms with Crippen LogP contribution >= 0.6 is 11.6 Å². The minimum Gasteiger partial charge on any atom is -1.00 e. The van der Waals surface area contributed by atoms with Crippen LogP contribution in [-0.2, 0) is 6.54 Å². The molecule has 6 nitrogen and oxygen atoms in total. The molecule has 0 fully saturated rings. The average molecular weight is 424 g/mol. The van der Waals surface area contributed by atoms with Crippen LogP contribution in [0.15, 0.2) is 35.4 Å². The Morgan fingerprint density at radius 2 is 1.89 bits per heavy atom. The van der Waals surface area contributed by atoms with Crippen molar-refractivity contribution in [3.63, 3.8) is 0 Å². The third kappa shape index (κ3) is 4.71. The van der Waals surface area contributed by atoms with Crippen LogP contribution in [0.4, 0.5) is 19.1 Å². The van der Waals surface area contributed by atoms with E-state index < -0.39 is 18.2 Å². The van der Waals surface area contributed by atoms with E-state index in [9.17, 15) is 18.0 Å². The van der Waals surface area contributed by atoms with E-state index in [0.717, 1.165) is 0 Å². The first-order valence-electron chi connectivity index (χ1n) is 8.23. The molecule has 11 heteroatoms. The molecule has 0 aliphatic carbocycles. The monoisotopic (exact) mass is 423 g/mol. The van der Waals surface area contributed by atoms with Crippen LogP contribution in [0.2, 0.25) is 5.02 Å². The number of aryl methyl sites for hydroxylation is 1. The van der Waals surface area contributed by atoms with E-state index in [1.807, 2.05) is 6.92 Å². The maximum absolute atomic E-state index is 13.0. The van der Waals surface area contributed by atoms with Crippen molar-refractivity contribution in [3.05, 3.63) is 46.0 Å². The van der Waals surface area contributed by atoms with Crippen LogP contribution in [-0.4, -0.2) is 38.9 Å². The fraction of sp³-hybridized carbons (Fsp3) is 0.353. The van der Waals surface area contributed by atoms with Gasteiger partial charge in [0.15, 0.2) is 11.2 Å². The number of benzene rings is 1. The van der Waals surface area contributed by atoms with Gasteiger partial charge in [0.05, 0.1) is 18.4 Å². The molecule has 3 rings (SSSR count). The van der Waals surface area contributed by atoms with Gasteiger partial charge in [0.25, 0.3) is 5.56 Å². The summed E-state index contributed by atoms with van der Waals surface area (Å²) in [6.07, 6.45) is -3.84. The maximum atomic E-state index is 13.0. The van der Waals surface area contributed by atoms with Crippen molar-refractivity contribution >= 4 is 28.7 Å². The van der Waals surface area contributed by atoms with Crippen molar-refractivity contribution < 1.29 is 44.2 Å². The van der Waals surface area contributed by atoms with Crippen molar-refractivity contribution in [2.45, 2.75) is 26.1 Å². The topological polar surface area (TPSA) is 56.0 Å². The van der Waals surface area contributed by atoms with E-state index in [1.54, 1.807) is 28.8 Å². The number of aromatic nitrogens is 4. The van der Waals surface area contributed by atoms with Gasteiger partial charge in [-0.1, -0.05) is 11.6 Å². The molecule has 0 spiro atoms. The van der Waals surface area contributed by atoms with Crippen molar-refractivity contribution in [1.29, 1.82) is 0 Å². The van der Waals surface area contributed by atoms with E-state index >= 15 is 0 Å². The first kappa shape index (κ1) is 22.7. The van der Waals surface area contributed by atoms with Gasteiger partial charge in [0.1, 0.15) is 0 Å². The SMILES string of the molecule is CCn1cnc2c(=O)n(-c3ccc(Cl)cc3)c(N(C)CCC(F)(F)F)nc21.[H-].[Na+]. The number of anilines is 1. The molecule has 0 saturated heterocycles. The summed E-state index contributed by atoms with van der Waals surface area (Å²) in [6, 6.07) is 6.40. The van der Waals surface area contributed by atoms with E-state index in [4.69, 9.17) is 11.6 Å². The van der Waals surface area contributed by atoms with Gasteiger partial charge in [-0.3, -0.25) is 4.79 Å². The molecule has 3 aromatic rings. The second kappa shape index (κ2) is 8.86. The molecule has 0 radical (unpaired) electrons. The molecule has 0 bridgehead atoms. The van der Waals surface area contributed by atoms with Crippen molar-refractivity contribution in [2.24, 2.45) is 0 Å². The summed E-state index contributed by atoms with van der Waals surface area (Å²) in [4.78, 5) is 22.9. The Hall–Kier alpha value is -1.55. The van der Waals surface area contributed by atoms with Gasteiger partial charge in [-0.15, -0.1) is 0 Å². The molecule has 28 heavy (non-hydrogen) atoms. The largest absolute Gasteiger partial charge is 1.00 e. The minimum absolute atomic E-state index is 0. The molecule has 146 valence electrons. The first-order chi connectivity index (χ1) is 12.7. The molecule has 0 aliphatic rings. The molecular weight excluding hydrogens is 406 g/mol. The van der Waals surface area contributed by atoms with E-state index in [2.05, 4.69) is 9.97 Å². The van der Waals surface area contributed by atoms with Crippen molar-refractivity contribution in [3.8, 4) is 5.69 Å². The maximum Gasteiger partial charge on any atom is 1.00 e. The number of nitrogens with zero attached hydrogens (tertiary/aromatic N) is 5. The van der Waals surface area contributed by atoms with E-state index in [-0.39, 0.29) is 49.0 Å². The Bertz CT molecular complexity index is 1020. The quantitative estimate of drug-likeness (QED) is 0.569. The molecule has 2 aromatic heterocycles.